The summed E-state index contributed by atoms with van der Waals surface area (Å²) in [7, 11) is 0. The van der Waals surface area contributed by atoms with Gasteiger partial charge in [0.25, 0.3) is 0 Å². The van der Waals surface area contributed by atoms with Crippen molar-refractivity contribution in [3.8, 4) is 11.1 Å². The van der Waals surface area contributed by atoms with Crippen LogP contribution in [-0.2, 0) is 9.53 Å². The number of anilines is 1. The number of alkyl carbamates (subject to hydrolysis) is 1. The van der Waals surface area contributed by atoms with Gasteiger partial charge in [-0.05, 0) is 76.1 Å². The second-order valence-corrected chi connectivity index (χ2v) is 13.4. The molecule has 2 amide bonds. The molecule has 0 saturated carbocycles. The lowest BCUT2D eigenvalue weighted by Gasteiger charge is -2.39. The van der Waals surface area contributed by atoms with E-state index in [0.29, 0.717) is 37.6 Å². The Morgan fingerprint density at radius 1 is 1.05 bits per heavy atom. The van der Waals surface area contributed by atoms with Gasteiger partial charge >= 0.3 is 6.09 Å². The van der Waals surface area contributed by atoms with Gasteiger partial charge in [-0.25, -0.2) is 14.2 Å². The van der Waals surface area contributed by atoms with Crippen LogP contribution in [0.4, 0.5) is 14.9 Å². The summed E-state index contributed by atoms with van der Waals surface area (Å²) in [6, 6.07) is 15.8. The van der Waals surface area contributed by atoms with E-state index < -0.39 is 23.2 Å². The highest BCUT2D eigenvalue weighted by Crippen LogP contribution is 2.38. The first-order valence-electron chi connectivity index (χ1n) is 14.8. The molecule has 0 bridgehead atoms. The minimum atomic E-state index is -0.923. The Hall–Kier alpha value is -4.11. The number of hydrogen-bond acceptors (Lipinski definition) is 5. The number of carbonyl (C=O) groups excluding carboxylic acids is 2. The van der Waals surface area contributed by atoms with E-state index in [2.05, 4.69) is 20.2 Å². The van der Waals surface area contributed by atoms with Crippen LogP contribution in [0.25, 0.3) is 22.2 Å². The number of aromatic nitrogens is 2. The van der Waals surface area contributed by atoms with E-state index in [-0.39, 0.29) is 11.7 Å². The van der Waals surface area contributed by atoms with Crippen molar-refractivity contribution in [3.63, 3.8) is 0 Å². The monoisotopic (exact) mass is 619 g/mol. The number of hydrogen-bond donors (Lipinski definition) is 2. The summed E-state index contributed by atoms with van der Waals surface area (Å²) >= 11 is 6.18. The lowest BCUT2D eigenvalue weighted by molar-refractivity contribution is -0.134. The lowest BCUT2D eigenvalue weighted by Crippen LogP contribution is -2.51. The molecule has 0 spiro atoms. The molecule has 2 aromatic carbocycles. The van der Waals surface area contributed by atoms with Gasteiger partial charge in [0.15, 0.2) is 0 Å². The van der Waals surface area contributed by atoms with Crippen LogP contribution in [0.2, 0.25) is 5.02 Å². The number of halogens is 2. The lowest BCUT2D eigenvalue weighted by atomic mass is 9.86. The molecule has 1 aliphatic rings. The van der Waals surface area contributed by atoms with Gasteiger partial charge < -0.3 is 24.8 Å². The maximum atomic E-state index is 14.2. The Kier molecular flexibility index (Phi) is 8.88. The van der Waals surface area contributed by atoms with Crippen LogP contribution in [0, 0.1) is 5.82 Å². The van der Waals surface area contributed by atoms with Gasteiger partial charge in [-0.1, -0.05) is 35.9 Å². The van der Waals surface area contributed by atoms with Crippen molar-refractivity contribution in [2.75, 3.05) is 31.1 Å². The fourth-order valence-corrected chi connectivity index (χ4v) is 5.86. The van der Waals surface area contributed by atoms with Crippen molar-refractivity contribution >= 4 is 40.3 Å². The summed E-state index contributed by atoms with van der Waals surface area (Å²) in [6.45, 7) is 11.4. The molecule has 1 atom stereocenters. The van der Waals surface area contributed by atoms with Crippen molar-refractivity contribution in [1.82, 2.24) is 20.2 Å². The van der Waals surface area contributed by atoms with E-state index in [1.807, 2.05) is 70.0 Å². The first kappa shape index (κ1) is 31.3. The predicted molar refractivity (Wildman–Crippen MR) is 173 cm³/mol. The molecular formula is C34H39ClFN5O3. The number of nitrogens with one attached hydrogen (secondary N) is 2. The maximum Gasteiger partial charge on any atom is 0.408 e. The Morgan fingerprint density at radius 2 is 1.75 bits per heavy atom. The average Bonchev–Trinajstić information content (AvgIpc) is 3.43. The molecule has 0 unspecified atom stereocenters. The molecule has 232 valence electrons. The molecule has 2 N–H and O–H groups in total. The van der Waals surface area contributed by atoms with Crippen LogP contribution in [0.1, 0.15) is 52.5 Å². The van der Waals surface area contributed by atoms with Crippen molar-refractivity contribution in [2.24, 2.45) is 0 Å². The summed E-state index contributed by atoms with van der Waals surface area (Å²) in [5.41, 5.74) is 2.73. The summed E-state index contributed by atoms with van der Waals surface area (Å²) in [5.74, 6) is -0.891. The molecule has 3 heterocycles. The molecule has 0 radical (unpaired) electrons. The van der Waals surface area contributed by atoms with E-state index in [1.54, 1.807) is 24.4 Å². The van der Waals surface area contributed by atoms with Crippen LogP contribution in [0.15, 0.2) is 67.0 Å². The molecule has 44 heavy (non-hydrogen) atoms. The quantitative estimate of drug-likeness (QED) is 0.229. The number of pyridine rings is 1. The van der Waals surface area contributed by atoms with Crippen molar-refractivity contribution in [1.29, 1.82) is 0 Å². The van der Waals surface area contributed by atoms with Gasteiger partial charge in [0.1, 0.15) is 17.1 Å². The highest BCUT2D eigenvalue weighted by molar-refractivity contribution is 6.30. The number of H-pyrrole nitrogens is 1. The van der Waals surface area contributed by atoms with Gasteiger partial charge in [0, 0.05) is 66.5 Å². The smallest absolute Gasteiger partial charge is 0.408 e. The largest absolute Gasteiger partial charge is 0.443 e. The average molecular weight is 620 g/mol. The molecule has 1 aliphatic heterocycles. The Morgan fingerprint density at radius 3 is 2.41 bits per heavy atom. The van der Waals surface area contributed by atoms with Gasteiger partial charge in [-0.15, -0.1) is 0 Å². The summed E-state index contributed by atoms with van der Waals surface area (Å²) in [4.78, 5) is 38.7. The second-order valence-electron chi connectivity index (χ2n) is 12.9. The van der Waals surface area contributed by atoms with Gasteiger partial charge in [0.05, 0.1) is 11.6 Å². The van der Waals surface area contributed by atoms with E-state index in [1.165, 1.54) is 12.1 Å². The van der Waals surface area contributed by atoms with Crippen LogP contribution >= 0.6 is 11.6 Å². The predicted octanol–water partition coefficient (Wildman–Crippen LogP) is 7.15. The van der Waals surface area contributed by atoms with Crippen molar-refractivity contribution in [3.05, 3.63) is 83.4 Å². The zero-order valence-corrected chi connectivity index (χ0v) is 26.5. The van der Waals surface area contributed by atoms with Crippen LogP contribution in [0.3, 0.4) is 0 Å². The fraction of sp³-hybridized carbons (Fsp3) is 0.382. The zero-order valence-electron chi connectivity index (χ0n) is 25.8. The highest BCUT2D eigenvalue weighted by atomic mass is 35.5. The van der Waals surface area contributed by atoms with E-state index >= 15 is 0 Å². The zero-order chi connectivity index (χ0) is 31.6. The van der Waals surface area contributed by atoms with Crippen LogP contribution in [-0.4, -0.2) is 64.2 Å². The van der Waals surface area contributed by atoms with Crippen LogP contribution in [0.5, 0.6) is 0 Å². The van der Waals surface area contributed by atoms with Crippen LogP contribution < -0.4 is 10.2 Å². The highest BCUT2D eigenvalue weighted by Gasteiger charge is 2.36. The number of benzene rings is 2. The van der Waals surface area contributed by atoms with Crippen molar-refractivity contribution in [2.45, 2.75) is 58.1 Å². The molecule has 1 fully saturated rings. The minimum absolute atomic E-state index is 0.0354. The number of nitrogens with zero attached hydrogens (tertiary/aromatic N) is 3. The number of carbonyl (C=O) groups is 2. The molecule has 2 aromatic heterocycles. The second kappa shape index (κ2) is 12.5. The Labute approximate surface area is 262 Å². The Bertz CT molecular complexity index is 1640. The summed E-state index contributed by atoms with van der Waals surface area (Å²) in [6.07, 6.45) is 3.39. The minimum Gasteiger partial charge on any atom is -0.443 e. The molecule has 0 aliphatic carbocycles. The van der Waals surface area contributed by atoms with E-state index in [0.717, 1.165) is 33.4 Å². The molecular weight excluding hydrogens is 581 g/mol. The first-order valence-corrected chi connectivity index (χ1v) is 15.2. The third kappa shape index (κ3) is 7.33. The number of rotatable bonds is 7. The normalized spacial score (nSPS) is 14.9. The topological polar surface area (TPSA) is 90.6 Å². The third-order valence-electron chi connectivity index (χ3n) is 7.71. The standard InChI is InChI=1S/C34H39ClFN5O3/c1-33(2,3)39-32(43)44-34(4,5)20-27(22-9-11-24(35)12-10-22)31(42)41-17-15-40(16-18-41)29-26-13-14-37-30(26)38-21-28(29)23-7-6-8-25(36)19-23/h6-14,19,21,27H,15-18,20H2,1-5H3,(H,37,38)(H,39,43)/t27-/m1/s1. The third-order valence-corrected chi connectivity index (χ3v) is 7.97. The number of piperazine rings is 1. The molecule has 5 rings (SSSR count). The van der Waals surface area contributed by atoms with Crippen molar-refractivity contribution < 1.29 is 18.7 Å². The van der Waals surface area contributed by atoms with Gasteiger partial charge in [-0.2, -0.15) is 0 Å². The molecule has 10 heteroatoms. The number of amides is 2. The maximum absolute atomic E-state index is 14.2. The van der Waals surface area contributed by atoms with Gasteiger partial charge in [0.2, 0.25) is 5.91 Å². The van der Waals surface area contributed by atoms with E-state index in [9.17, 15) is 14.0 Å². The van der Waals surface area contributed by atoms with E-state index in [4.69, 9.17) is 16.3 Å². The molecule has 4 aromatic rings. The summed E-state index contributed by atoms with van der Waals surface area (Å²) < 4.78 is 20.0. The number of ether oxygens (including phenoxy) is 1. The summed E-state index contributed by atoms with van der Waals surface area (Å²) in [5, 5.41) is 4.35. The molecule has 8 nitrogen and oxygen atoms in total. The SMILES string of the molecule is CC(C)(C)NC(=O)OC(C)(C)C[C@@H](C(=O)N1CCN(c2c(-c3cccc(F)c3)cnc3[nH]ccc23)CC1)c1ccc(Cl)cc1. The fourth-order valence-electron chi connectivity index (χ4n) is 5.73. The first-order chi connectivity index (χ1) is 20.8. The number of aromatic amines is 1. The molecule has 1 saturated heterocycles. The Balaban J connectivity index is 1.37. The number of fused-ring (bicyclic) bond motifs is 1. The van der Waals surface area contributed by atoms with Gasteiger partial charge in [-0.3, -0.25) is 4.79 Å².